The Hall–Kier alpha value is -1.79. The molecule has 0 spiro atoms. The summed E-state index contributed by atoms with van der Waals surface area (Å²) in [5, 5.41) is 5.37. The number of urea groups is 2. The molecule has 0 saturated heterocycles. The maximum Gasteiger partial charge on any atom is 0.348 e. The molecule has 7 nitrogen and oxygen atoms in total. The topological polar surface area (TPSA) is 83.0 Å². The molecule has 0 aliphatic heterocycles. The number of hydrogen-bond donors (Lipinski definition) is 2. The Kier molecular flexibility index (Phi) is 8.01. The van der Waals surface area contributed by atoms with Gasteiger partial charge in [0.25, 0.3) is 0 Å². The van der Waals surface area contributed by atoms with Crippen molar-refractivity contribution in [2.45, 2.75) is 70.3 Å². The first-order chi connectivity index (χ1) is 12.1. The first kappa shape index (κ1) is 19.5. The third-order valence-corrected chi connectivity index (χ3v) is 5.31. The van der Waals surface area contributed by atoms with Crippen LogP contribution in [0.1, 0.15) is 64.2 Å². The van der Waals surface area contributed by atoms with E-state index >= 15 is 0 Å². The monoisotopic (exact) mass is 352 g/mol. The Balaban J connectivity index is 1.79. The normalized spacial score (nSPS) is 20.0. The Morgan fingerprint density at radius 3 is 2.24 bits per heavy atom. The highest BCUT2D eigenvalue weighted by Crippen LogP contribution is 2.23. The lowest BCUT2D eigenvalue weighted by Crippen LogP contribution is -2.43. The van der Waals surface area contributed by atoms with Crippen molar-refractivity contribution in [2.75, 3.05) is 20.7 Å². The van der Waals surface area contributed by atoms with Gasteiger partial charge >= 0.3 is 18.1 Å². The van der Waals surface area contributed by atoms with Gasteiger partial charge in [0.2, 0.25) is 0 Å². The SMILES string of the molecule is COC(=NC(=O)N(C)C1CCCCC1)NC(=O)NCC1CCCCC1. The van der Waals surface area contributed by atoms with Crippen LogP contribution >= 0.6 is 0 Å². The van der Waals surface area contributed by atoms with Gasteiger partial charge in [0.15, 0.2) is 0 Å². The summed E-state index contributed by atoms with van der Waals surface area (Å²) >= 11 is 0. The summed E-state index contributed by atoms with van der Waals surface area (Å²) in [5.74, 6) is 0.543. The molecule has 2 N–H and O–H groups in total. The van der Waals surface area contributed by atoms with E-state index in [9.17, 15) is 9.59 Å². The van der Waals surface area contributed by atoms with Crippen LogP contribution in [0.15, 0.2) is 4.99 Å². The lowest BCUT2D eigenvalue weighted by atomic mass is 9.89. The quantitative estimate of drug-likeness (QED) is 0.604. The van der Waals surface area contributed by atoms with Gasteiger partial charge in [-0.2, -0.15) is 0 Å². The van der Waals surface area contributed by atoms with Gasteiger partial charge in [0.05, 0.1) is 7.11 Å². The van der Waals surface area contributed by atoms with Crippen LogP contribution in [0, 0.1) is 5.92 Å². The third kappa shape index (κ3) is 6.55. The van der Waals surface area contributed by atoms with Crippen molar-refractivity contribution < 1.29 is 14.3 Å². The van der Waals surface area contributed by atoms with Gasteiger partial charge in [-0.3, -0.25) is 5.32 Å². The minimum Gasteiger partial charge on any atom is -0.468 e. The molecular weight excluding hydrogens is 320 g/mol. The zero-order valence-electron chi connectivity index (χ0n) is 15.6. The van der Waals surface area contributed by atoms with E-state index in [2.05, 4.69) is 15.6 Å². The Labute approximate surface area is 150 Å². The van der Waals surface area contributed by atoms with E-state index in [0.29, 0.717) is 12.5 Å². The van der Waals surface area contributed by atoms with E-state index in [-0.39, 0.29) is 24.1 Å². The summed E-state index contributed by atoms with van der Waals surface area (Å²) in [7, 11) is 3.16. The number of carbonyl (C=O) groups is 2. The van der Waals surface area contributed by atoms with E-state index in [1.165, 1.54) is 32.8 Å². The van der Waals surface area contributed by atoms with Gasteiger partial charge in [-0.15, -0.1) is 4.99 Å². The molecule has 4 amide bonds. The van der Waals surface area contributed by atoms with Crippen molar-refractivity contribution in [1.29, 1.82) is 0 Å². The molecule has 2 saturated carbocycles. The molecule has 0 unspecified atom stereocenters. The number of hydrogen-bond acceptors (Lipinski definition) is 3. The number of nitrogens with one attached hydrogen (secondary N) is 2. The number of carbonyl (C=O) groups excluding carboxylic acids is 2. The van der Waals surface area contributed by atoms with Crippen LogP contribution in [-0.4, -0.2) is 49.7 Å². The molecule has 0 radical (unpaired) electrons. The fourth-order valence-corrected chi connectivity index (χ4v) is 3.68. The average Bonchev–Trinajstić information content (AvgIpc) is 2.66. The van der Waals surface area contributed by atoms with E-state index in [4.69, 9.17) is 4.74 Å². The largest absolute Gasteiger partial charge is 0.468 e. The van der Waals surface area contributed by atoms with Gasteiger partial charge in [-0.05, 0) is 31.6 Å². The first-order valence-electron chi connectivity index (χ1n) is 9.54. The molecule has 2 fully saturated rings. The second kappa shape index (κ2) is 10.3. The number of amidine groups is 1. The lowest BCUT2D eigenvalue weighted by Gasteiger charge is -2.29. The van der Waals surface area contributed by atoms with Crippen LogP contribution in [0.5, 0.6) is 0 Å². The Bertz CT molecular complexity index is 469. The fourth-order valence-electron chi connectivity index (χ4n) is 3.68. The number of aliphatic imine (C=N–C) groups is 1. The van der Waals surface area contributed by atoms with E-state index in [1.54, 1.807) is 11.9 Å². The summed E-state index contributed by atoms with van der Waals surface area (Å²) in [6.45, 7) is 0.652. The molecule has 0 bridgehead atoms. The minimum atomic E-state index is -0.378. The molecule has 0 atom stereocenters. The van der Waals surface area contributed by atoms with Crippen LogP contribution in [0.25, 0.3) is 0 Å². The van der Waals surface area contributed by atoms with Gasteiger partial charge in [0.1, 0.15) is 0 Å². The van der Waals surface area contributed by atoms with Gasteiger partial charge in [-0.1, -0.05) is 38.5 Å². The molecule has 2 rings (SSSR count). The van der Waals surface area contributed by atoms with Crippen molar-refractivity contribution >= 4 is 18.1 Å². The smallest absolute Gasteiger partial charge is 0.348 e. The molecule has 0 aromatic heterocycles. The summed E-state index contributed by atoms with van der Waals surface area (Å²) in [4.78, 5) is 29.9. The maximum absolute atomic E-state index is 12.3. The lowest BCUT2D eigenvalue weighted by molar-refractivity contribution is 0.182. The highest BCUT2D eigenvalue weighted by molar-refractivity contribution is 5.98. The van der Waals surface area contributed by atoms with Crippen LogP contribution in [0.2, 0.25) is 0 Å². The second-order valence-electron chi connectivity index (χ2n) is 7.15. The second-order valence-corrected chi connectivity index (χ2v) is 7.15. The zero-order valence-corrected chi connectivity index (χ0v) is 15.6. The number of rotatable bonds is 3. The predicted molar refractivity (Wildman–Crippen MR) is 97.6 cm³/mol. The van der Waals surface area contributed by atoms with Crippen LogP contribution in [0.4, 0.5) is 9.59 Å². The van der Waals surface area contributed by atoms with Gasteiger partial charge in [0, 0.05) is 19.6 Å². The molecule has 0 aromatic rings. The number of methoxy groups -OCH3 is 1. The third-order valence-electron chi connectivity index (χ3n) is 5.31. The van der Waals surface area contributed by atoms with Crippen molar-refractivity contribution in [3.63, 3.8) is 0 Å². The number of amides is 4. The van der Waals surface area contributed by atoms with Crippen molar-refractivity contribution in [1.82, 2.24) is 15.5 Å². The Morgan fingerprint density at radius 2 is 1.64 bits per heavy atom. The Morgan fingerprint density at radius 1 is 1.04 bits per heavy atom. The minimum absolute atomic E-state index is 0.0613. The van der Waals surface area contributed by atoms with Crippen LogP contribution in [0.3, 0.4) is 0 Å². The zero-order chi connectivity index (χ0) is 18.1. The summed E-state index contributed by atoms with van der Waals surface area (Å²) in [6.07, 6.45) is 11.6. The molecule has 2 aliphatic carbocycles. The van der Waals surface area contributed by atoms with E-state index in [0.717, 1.165) is 38.5 Å². The number of nitrogens with zero attached hydrogens (tertiary/aromatic N) is 2. The molecule has 142 valence electrons. The average molecular weight is 352 g/mol. The molecule has 0 aromatic carbocycles. The standard InChI is InChI=1S/C18H32N4O3/c1-22(15-11-7-4-8-12-15)18(24)21-17(25-2)20-16(23)19-13-14-9-5-3-6-10-14/h14-15H,3-13H2,1-2H3,(H2,19,20,21,23,24). The molecule has 7 heteroatoms. The molecule has 0 heterocycles. The summed E-state index contributed by atoms with van der Waals surface area (Å²) in [6, 6.07) is -0.590. The molecule has 25 heavy (non-hydrogen) atoms. The van der Waals surface area contributed by atoms with E-state index in [1.807, 2.05) is 0 Å². The molecule has 2 aliphatic rings. The maximum atomic E-state index is 12.3. The van der Waals surface area contributed by atoms with Crippen molar-refractivity contribution in [2.24, 2.45) is 10.9 Å². The fraction of sp³-hybridized carbons (Fsp3) is 0.833. The predicted octanol–water partition coefficient (Wildman–Crippen LogP) is 3.25. The van der Waals surface area contributed by atoms with Crippen molar-refractivity contribution in [3.8, 4) is 0 Å². The van der Waals surface area contributed by atoms with Crippen LogP contribution in [-0.2, 0) is 4.74 Å². The highest BCUT2D eigenvalue weighted by atomic mass is 16.5. The van der Waals surface area contributed by atoms with Gasteiger partial charge in [-0.25, -0.2) is 9.59 Å². The van der Waals surface area contributed by atoms with E-state index < -0.39 is 0 Å². The molecular formula is C18H32N4O3. The highest BCUT2D eigenvalue weighted by Gasteiger charge is 2.22. The summed E-state index contributed by atoms with van der Waals surface area (Å²) in [5.41, 5.74) is 0. The summed E-state index contributed by atoms with van der Waals surface area (Å²) < 4.78 is 5.05. The van der Waals surface area contributed by atoms with Gasteiger partial charge < -0.3 is 15.0 Å². The van der Waals surface area contributed by atoms with Crippen molar-refractivity contribution in [3.05, 3.63) is 0 Å². The van der Waals surface area contributed by atoms with Crippen LogP contribution < -0.4 is 10.6 Å². The first-order valence-corrected chi connectivity index (χ1v) is 9.54. The number of ether oxygens (including phenoxy) is 1.